The lowest BCUT2D eigenvalue weighted by atomic mass is 10.2. The van der Waals surface area contributed by atoms with Gasteiger partial charge in [0.25, 0.3) is 5.91 Å². The summed E-state index contributed by atoms with van der Waals surface area (Å²) in [4.78, 5) is 11.3. The molecule has 1 aromatic carbocycles. The largest absolute Gasteiger partial charge is 0.484 e. The fourth-order valence-corrected chi connectivity index (χ4v) is 1.90. The number of hydrogen-bond donors (Lipinski definition) is 2. The van der Waals surface area contributed by atoms with E-state index < -0.39 is 0 Å². The molecule has 0 unspecified atom stereocenters. The van der Waals surface area contributed by atoms with Crippen molar-refractivity contribution in [2.45, 2.75) is 6.54 Å². The normalized spacial score (nSPS) is 9.95. The van der Waals surface area contributed by atoms with Crippen LogP contribution in [0, 0.1) is 11.3 Å². The first-order valence-electron chi connectivity index (χ1n) is 6.42. The molecule has 6 nitrogen and oxygen atoms in total. The monoisotopic (exact) mass is 355 g/mol. The van der Waals surface area contributed by atoms with Gasteiger partial charge in [0.15, 0.2) is 6.61 Å². The first-order valence-corrected chi connectivity index (χ1v) is 7.21. The van der Waals surface area contributed by atoms with Gasteiger partial charge in [-0.25, -0.2) is 0 Å². The van der Waals surface area contributed by atoms with E-state index in [2.05, 4.69) is 26.6 Å². The summed E-state index contributed by atoms with van der Waals surface area (Å²) in [7, 11) is 1.66. The van der Waals surface area contributed by atoms with Crippen molar-refractivity contribution in [2.75, 3.05) is 33.4 Å². The molecule has 21 heavy (non-hydrogen) atoms. The molecule has 0 aliphatic rings. The minimum absolute atomic E-state index is 0.0167. The smallest absolute Gasteiger partial charge is 0.258 e. The third kappa shape index (κ3) is 7.09. The van der Waals surface area contributed by atoms with Gasteiger partial charge in [-0.15, -0.1) is 0 Å². The van der Waals surface area contributed by atoms with Gasteiger partial charge >= 0.3 is 0 Å². The number of amides is 1. The van der Waals surface area contributed by atoms with Gasteiger partial charge in [0.2, 0.25) is 0 Å². The van der Waals surface area contributed by atoms with Crippen LogP contribution in [0.2, 0.25) is 0 Å². The molecule has 0 radical (unpaired) electrons. The van der Waals surface area contributed by atoms with Gasteiger partial charge in [-0.3, -0.25) is 4.79 Å². The van der Waals surface area contributed by atoms with Crippen molar-refractivity contribution >= 4 is 21.8 Å². The molecule has 0 aliphatic heterocycles. The Balaban J connectivity index is 2.48. The Bertz CT molecular complexity index is 503. The van der Waals surface area contributed by atoms with E-state index in [9.17, 15) is 4.79 Å². The standard InChI is InChI=1S/C14H18BrN3O3/c1-20-7-6-17-9-11-8-12(2-3-13(11)15)21-10-14(19)18-5-4-16/h2-3,8,17H,5-7,9-10H2,1H3,(H,18,19). The maximum absolute atomic E-state index is 11.3. The minimum Gasteiger partial charge on any atom is -0.484 e. The molecular weight excluding hydrogens is 338 g/mol. The Morgan fingerprint density at radius 3 is 3.00 bits per heavy atom. The number of halogens is 1. The molecule has 0 atom stereocenters. The van der Waals surface area contributed by atoms with E-state index in [1.807, 2.05) is 18.2 Å². The molecule has 0 saturated heterocycles. The highest BCUT2D eigenvalue weighted by Gasteiger charge is 2.05. The second kappa shape index (κ2) is 10.2. The first kappa shape index (κ1) is 17.4. The van der Waals surface area contributed by atoms with Gasteiger partial charge < -0.3 is 20.1 Å². The Hall–Kier alpha value is -1.62. The molecule has 0 aliphatic carbocycles. The topological polar surface area (TPSA) is 83.4 Å². The number of benzene rings is 1. The number of carbonyl (C=O) groups is 1. The van der Waals surface area contributed by atoms with Gasteiger partial charge in [0, 0.05) is 24.7 Å². The Kier molecular flexibility index (Phi) is 8.43. The SMILES string of the molecule is COCCNCc1cc(OCC(=O)NCC#N)ccc1Br. The van der Waals surface area contributed by atoms with Crippen LogP contribution in [0.3, 0.4) is 0 Å². The Morgan fingerprint density at radius 1 is 1.48 bits per heavy atom. The summed E-state index contributed by atoms with van der Waals surface area (Å²) in [6.45, 7) is 1.94. The van der Waals surface area contributed by atoms with Crippen LogP contribution in [0.5, 0.6) is 5.75 Å². The predicted octanol–water partition coefficient (Wildman–Crippen LogP) is 1.20. The third-order valence-electron chi connectivity index (χ3n) is 2.55. The van der Waals surface area contributed by atoms with E-state index in [4.69, 9.17) is 14.7 Å². The van der Waals surface area contributed by atoms with Crippen LogP contribution in [0.25, 0.3) is 0 Å². The van der Waals surface area contributed by atoms with Crippen LogP contribution in [0.4, 0.5) is 0 Å². The van der Waals surface area contributed by atoms with Crippen LogP contribution in [0.1, 0.15) is 5.56 Å². The van der Waals surface area contributed by atoms with E-state index in [1.165, 1.54) is 0 Å². The van der Waals surface area contributed by atoms with Crippen molar-refractivity contribution in [2.24, 2.45) is 0 Å². The zero-order valence-corrected chi connectivity index (χ0v) is 13.4. The number of carbonyl (C=O) groups excluding carboxylic acids is 1. The fraction of sp³-hybridized carbons (Fsp3) is 0.429. The minimum atomic E-state index is -0.320. The first-order chi connectivity index (χ1) is 10.2. The van der Waals surface area contributed by atoms with Crippen molar-refractivity contribution < 1.29 is 14.3 Å². The van der Waals surface area contributed by atoms with Crippen LogP contribution < -0.4 is 15.4 Å². The van der Waals surface area contributed by atoms with E-state index in [0.29, 0.717) is 18.9 Å². The summed E-state index contributed by atoms with van der Waals surface area (Å²) in [6, 6.07) is 7.35. The zero-order chi connectivity index (χ0) is 15.5. The summed E-state index contributed by atoms with van der Waals surface area (Å²) in [5.74, 6) is 0.285. The summed E-state index contributed by atoms with van der Waals surface area (Å²) in [5.41, 5.74) is 1.03. The molecule has 0 saturated carbocycles. The Morgan fingerprint density at radius 2 is 2.29 bits per heavy atom. The molecular formula is C14H18BrN3O3. The average molecular weight is 356 g/mol. The predicted molar refractivity (Wildman–Crippen MR) is 81.8 cm³/mol. The fourth-order valence-electron chi connectivity index (χ4n) is 1.51. The van der Waals surface area contributed by atoms with Crippen molar-refractivity contribution in [1.82, 2.24) is 10.6 Å². The molecule has 7 heteroatoms. The van der Waals surface area contributed by atoms with E-state index in [0.717, 1.165) is 16.6 Å². The van der Waals surface area contributed by atoms with Crippen LogP contribution in [-0.2, 0) is 16.1 Å². The second-order valence-electron chi connectivity index (χ2n) is 4.15. The van der Waals surface area contributed by atoms with Crippen molar-refractivity contribution in [3.63, 3.8) is 0 Å². The molecule has 1 rings (SSSR count). The number of hydrogen-bond acceptors (Lipinski definition) is 5. The van der Waals surface area contributed by atoms with Crippen LogP contribution in [-0.4, -0.2) is 39.3 Å². The number of nitrogens with zero attached hydrogens (tertiary/aromatic N) is 1. The van der Waals surface area contributed by atoms with Gasteiger partial charge in [-0.2, -0.15) is 5.26 Å². The van der Waals surface area contributed by atoms with Crippen molar-refractivity contribution in [1.29, 1.82) is 5.26 Å². The summed E-state index contributed by atoms with van der Waals surface area (Å²) in [5, 5.41) is 14.0. The molecule has 1 aromatic rings. The van der Waals surface area contributed by atoms with Crippen LogP contribution >= 0.6 is 15.9 Å². The Labute approximate surface area is 132 Å². The van der Waals surface area contributed by atoms with E-state index >= 15 is 0 Å². The van der Waals surface area contributed by atoms with Gasteiger partial charge in [0.1, 0.15) is 12.3 Å². The highest BCUT2D eigenvalue weighted by Crippen LogP contribution is 2.22. The third-order valence-corrected chi connectivity index (χ3v) is 3.32. The number of nitriles is 1. The zero-order valence-electron chi connectivity index (χ0n) is 11.8. The quantitative estimate of drug-likeness (QED) is 0.513. The molecule has 0 fully saturated rings. The summed E-state index contributed by atoms with van der Waals surface area (Å²) in [6.07, 6.45) is 0. The van der Waals surface area contributed by atoms with E-state index in [-0.39, 0.29) is 19.1 Å². The van der Waals surface area contributed by atoms with Gasteiger partial charge in [0.05, 0.1) is 12.7 Å². The molecule has 0 heterocycles. The maximum atomic E-state index is 11.3. The average Bonchev–Trinajstić information content (AvgIpc) is 2.49. The van der Waals surface area contributed by atoms with Gasteiger partial charge in [-0.05, 0) is 23.8 Å². The number of nitrogens with one attached hydrogen (secondary N) is 2. The molecule has 2 N–H and O–H groups in total. The summed E-state index contributed by atoms with van der Waals surface area (Å²) >= 11 is 3.47. The van der Waals surface area contributed by atoms with Crippen LogP contribution in [0.15, 0.2) is 22.7 Å². The lowest BCUT2D eigenvalue weighted by Crippen LogP contribution is -2.29. The molecule has 1 amide bonds. The number of ether oxygens (including phenoxy) is 2. The number of methoxy groups -OCH3 is 1. The highest BCUT2D eigenvalue weighted by molar-refractivity contribution is 9.10. The van der Waals surface area contributed by atoms with E-state index in [1.54, 1.807) is 13.2 Å². The highest BCUT2D eigenvalue weighted by atomic mass is 79.9. The molecule has 114 valence electrons. The van der Waals surface area contributed by atoms with Crippen molar-refractivity contribution in [3.8, 4) is 11.8 Å². The lowest BCUT2D eigenvalue weighted by molar-refractivity contribution is -0.122. The molecule has 0 bridgehead atoms. The maximum Gasteiger partial charge on any atom is 0.258 e. The van der Waals surface area contributed by atoms with Crippen molar-refractivity contribution in [3.05, 3.63) is 28.2 Å². The molecule has 0 spiro atoms. The van der Waals surface area contributed by atoms with Gasteiger partial charge in [-0.1, -0.05) is 15.9 Å². The summed E-state index contributed by atoms with van der Waals surface area (Å²) < 4.78 is 11.3. The number of rotatable bonds is 9. The lowest BCUT2D eigenvalue weighted by Gasteiger charge is -2.10. The molecule has 0 aromatic heterocycles. The second-order valence-corrected chi connectivity index (χ2v) is 5.00.